The zero-order chi connectivity index (χ0) is 21.1. The molecule has 0 bridgehead atoms. The summed E-state index contributed by atoms with van der Waals surface area (Å²) in [6.45, 7) is 13.6. The molecule has 0 heterocycles. The summed E-state index contributed by atoms with van der Waals surface area (Å²) in [7, 11) is 1.29. The first-order valence-electron chi connectivity index (χ1n) is 9.91. The Morgan fingerprint density at radius 1 is 1.22 bits per heavy atom. The molecule has 1 unspecified atom stereocenters. The van der Waals surface area contributed by atoms with Crippen molar-refractivity contribution in [2.24, 2.45) is 11.7 Å². The lowest BCUT2D eigenvalue weighted by molar-refractivity contribution is -0.141. The van der Waals surface area contributed by atoms with E-state index in [0.29, 0.717) is 5.57 Å². The molecule has 27 heavy (non-hydrogen) atoms. The molecular weight excluding hydrogens is 340 g/mol. The van der Waals surface area contributed by atoms with Gasteiger partial charge >= 0.3 is 5.97 Å². The van der Waals surface area contributed by atoms with Crippen LogP contribution in [0.4, 0.5) is 0 Å². The van der Waals surface area contributed by atoms with Crippen molar-refractivity contribution in [1.29, 1.82) is 0 Å². The summed E-state index contributed by atoms with van der Waals surface area (Å²) < 4.78 is 4.56. The van der Waals surface area contributed by atoms with Crippen LogP contribution in [-0.2, 0) is 14.3 Å². The monoisotopic (exact) mass is 380 g/mol. The number of amides is 1. The van der Waals surface area contributed by atoms with E-state index in [0.717, 1.165) is 5.92 Å². The maximum Gasteiger partial charge on any atom is 0.307 e. The third kappa shape index (κ3) is 16.0. The molecule has 0 aliphatic heterocycles. The van der Waals surface area contributed by atoms with Gasteiger partial charge in [0, 0.05) is 0 Å². The van der Waals surface area contributed by atoms with Gasteiger partial charge in [-0.05, 0) is 11.5 Å². The lowest BCUT2D eigenvalue weighted by Crippen LogP contribution is -2.41. The van der Waals surface area contributed by atoms with Gasteiger partial charge in [-0.2, -0.15) is 0 Å². The molecule has 5 nitrogen and oxygen atoms in total. The zero-order valence-corrected chi connectivity index (χ0v) is 17.8. The van der Waals surface area contributed by atoms with Gasteiger partial charge in [0.1, 0.15) is 0 Å². The molecule has 156 valence electrons. The molecule has 3 N–H and O–H groups in total. The fraction of sp³-hybridized carbons (Fsp3) is 0.636. The number of hydrogen-bond acceptors (Lipinski definition) is 4. The number of hydrogen-bond donors (Lipinski definition) is 2. The highest BCUT2D eigenvalue weighted by Gasteiger charge is 2.18. The van der Waals surface area contributed by atoms with Gasteiger partial charge in [-0.3, -0.25) is 9.59 Å². The van der Waals surface area contributed by atoms with E-state index in [1.54, 1.807) is 18.2 Å². The predicted molar refractivity (Wildman–Crippen MR) is 114 cm³/mol. The van der Waals surface area contributed by atoms with Crippen LogP contribution in [-0.4, -0.2) is 31.6 Å². The maximum atomic E-state index is 11.2. The van der Waals surface area contributed by atoms with Crippen molar-refractivity contribution >= 4 is 11.9 Å². The van der Waals surface area contributed by atoms with E-state index in [1.165, 1.54) is 45.6 Å². The smallest absolute Gasteiger partial charge is 0.307 e. The standard InChI is InChI=1S/C12H18N2O3.C7H14.C3H8/c1-4-6-9(5-2)10(7-12(16)17-3)14-11(15)8-13;1-7-5-3-2-4-6-7;1-3-2/h4-6,10H,1-2,7-8,13H2,3H3,(H,14,15);7H,2-6H2,1H3;3H2,1-2H3/b9-6+;;. The number of carbonyl (C=O) groups excluding carboxylic acids is 2. The summed E-state index contributed by atoms with van der Waals surface area (Å²) in [5.74, 6) is 0.258. The topological polar surface area (TPSA) is 81.4 Å². The number of rotatable bonds is 7. The van der Waals surface area contributed by atoms with Crippen molar-refractivity contribution in [1.82, 2.24) is 5.32 Å². The lowest BCUT2D eigenvalue weighted by Gasteiger charge is -2.18. The SMILES string of the molecule is C=C/C=C(\C=C)C(CC(=O)OC)NC(=O)CN.CC1CCCCC1.CCC. The van der Waals surface area contributed by atoms with Crippen LogP contribution in [0.2, 0.25) is 0 Å². The molecule has 1 aliphatic rings. The van der Waals surface area contributed by atoms with E-state index >= 15 is 0 Å². The Labute approximate surface area is 166 Å². The predicted octanol–water partition coefficient (Wildman–Crippen LogP) is 4.29. The average Bonchev–Trinajstić information content (AvgIpc) is 2.67. The quantitative estimate of drug-likeness (QED) is 0.510. The summed E-state index contributed by atoms with van der Waals surface area (Å²) in [4.78, 5) is 22.5. The van der Waals surface area contributed by atoms with Crippen LogP contribution in [0.5, 0.6) is 0 Å². The molecule has 1 aliphatic carbocycles. The Balaban J connectivity index is 0. The number of ether oxygens (including phenoxy) is 1. The summed E-state index contributed by atoms with van der Waals surface area (Å²) in [5.41, 5.74) is 5.88. The first-order chi connectivity index (χ1) is 12.9. The van der Waals surface area contributed by atoms with Crippen molar-refractivity contribution < 1.29 is 14.3 Å². The summed E-state index contributed by atoms with van der Waals surface area (Å²) in [6.07, 6.45) is 13.5. The fourth-order valence-corrected chi connectivity index (χ4v) is 2.52. The number of nitrogens with one attached hydrogen (secondary N) is 1. The Hall–Kier alpha value is -1.88. The molecule has 1 rings (SSSR count). The largest absolute Gasteiger partial charge is 0.469 e. The number of allylic oxidation sites excluding steroid dienone is 2. The molecular formula is C22H40N2O3. The normalized spacial score (nSPS) is 15.1. The van der Waals surface area contributed by atoms with Gasteiger partial charge < -0.3 is 15.8 Å². The van der Waals surface area contributed by atoms with Crippen molar-refractivity contribution in [3.05, 3.63) is 37.0 Å². The number of nitrogens with two attached hydrogens (primary N) is 1. The van der Waals surface area contributed by atoms with Gasteiger partial charge in [0.2, 0.25) is 5.91 Å². The lowest BCUT2D eigenvalue weighted by atomic mass is 9.91. The van der Waals surface area contributed by atoms with Crippen LogP contribution >= 0.6 is 0 Å². The van der Waals surface area contributed by atoms with Crippen molar-refractivity contribution in [3.63, 3.8) is 0 Å². The van der Waals surface area contributed by atoms with E-state index in [4.69, 9.17) is 5.73 Å². The molecule has 0 aromatic heterocycles. The third-order valence-electron chi connectivity index (χ3n) is 3.96. The molecule has 0 aromatic carbocycles. The zero-order valence-electron chi connectivity index (χ0n) is 17.8. The van der Waals surface area contributed by atoms with Gasteiger partial charge in [0.25, 0.3) is 0 Å². The van der Waals surface area contributed by atoms with E-state index in [1.807, 2.05) is 0 Å². The number of methoxy groups -OCH3 is 1. The van der Waals surface area contributed by atoms with Crippen LogP contribution in [0.25, 0.3) is 0 Å². The number of esters is 1. The van der Waals surface area contributed by atoms with Gasteiger partial charge in [-0.1, -0.05) is 90.7 Å². The highest BCUT2D eigenvalue weighted by atomic mass is 16.5. The molecule has 0 radical (unpaired) electrons. The van der Waals surface area contributed by atoms with Crippen molar-refractivity contribution in [2.45, 2.75) is 71.8 Å². The summed E-state index contributed by atoms with van der Waals surface area (Å²) in [6, 6.07) is -0.506. The molecule has 1 saturated carbocycles. The van der Waals surface area contributed by atoms with Gasteiger partial charge in [0.05, 0.1) is 26.1 Å². The van der Waals surface area contributed by atoms with Crippen LogP contribution in [0, 0.1) is 5.92 Å². The highest BCUT2D eigenvalue weighted by molar-refractivity contribution is 5.80. The van der Waals surface area contributed by atoms with Crippen LogP contribution in [0.1, 0.15) is 65.7 Å². The molecule has 0 aromatic rings. The molecule has 1 fully saturated rings. The second-order valence-electron chi connectivity index (χ2n) is 6.66. The fourth-order valence-electron chi connectivity index (χ4n) is 2.52. The average molecular weight is 381 g/mol. The second-order valence-corrected chi connectivity index (χ2v) is 6.66. The Kier molecular flexibility index (Phi) is 19.1. The third-order valence-corrected chi connectivity index (χ3v) is 3.96. The first-order valence-corrected chi connectivity index (χ1v) is 9.91. The summed E-state index contributed by atoms with van der Waals surface area (Å²) >= 11 is 0. The number of carbonyl (C=O) groups is 2. The van der Waals surface area contributed by atoms with Crippen LogP contribution < -0.4 is 11.1 Å². The minimum Gasteiger partial charge on any atom is -0.469 e. The molecule has 0 spiro atoms. The highest BCUT2D eigenvalue weighted by Crippen LogP contribution is 2.22. The van der Waals surface area contributed by atoms with Gasteiger partial charge in [0.15, 0.2) is 0 Å². The Morgan fingerprint density at radius 2 is 1.78 bits per heavy atom. The minimum atomic E-state index is -0.506. The van der Waals surface area contributed by atoms with Gasteiger partial charge in [-0.25, -0.2) is 0 Å². The van der Waals surface area contributed by atoms with Crippen LogP contribution in [0.15, 0.2) is 37.0 Å². The second kappa shape index (κ2) is 18.9. The van der Waals surface area contributed by atoms with E-state index in [9.17, 15) is 9.59 Å². The van der Waals surface area contributed by atoms with E-state index in [2.05, 4.69) is 44.0 Å². The minimum absolute atomic E-state index is 0.0218. The van der Waals surface area contributed by atoms with E-state index in [-0.39, 0.29) is 18.9 Å². The summed E-state index contributed by atoms with van der Waals surface area (Å²) in [5, 5.41) is 2.62. The van der Waals surface area contributed by atoms with E-state index < -0.39 is 12.0 Å². The molecule has 0 saturated heterocycles. The van der Waals surface area contributed by atoms with Crippen molar-refractivity contribution in [2.75, 3.05) is 13.7 Å². The maximum absolute atomic E-state index is 11.2. The Morgan fingerprint density at radius 3 is 2.11 bits per heavy atom. The molecule has 1 atom stereocenters. The molecule has 1 amide bonds. The van der Waals surface area contributed by atoms with Crippen LogP contribution in [0.3, 0.4) is 0 Å². The van der Waals surface area contributed by atoms with Crippen molar-refractivity contribution in [3.8, 4) is 0 Å². The van der Waals surface area contributed by atoms with Gasteiger partial charge in [-0.15, -0.1) is 0 Å². The first kappa shape index (κ1) is 27.3. The molecule has 5 heteroatoms. The Bertz CT molecular complexity index is 434.